The Kier molecular flexibility index (Phi) is 3.60. The van der Waals surface area contributed by atoms with Crippen molar-refractivity contribution in [1.82, 2.24) is 4.57 Å². The van der Waals surface area contributed by atoms with Crippen molar-refractivity contribution in [3.8, 4) is 0 Å². The standard InChI is InChI=1S/C10H14N2O3/c1-3-8(4-2)11-7-5-6-9(10(11)13)12(14)15/h5-8H,3-4H2,1-2H3. The Morgan fingerprint density at radius 2 is 2.07 bits per heavy atom. The molecule has 0 saturated carbocycles. The van der Waals surface area contributed by atoms with Gasteiger partial charge in [-0.3, -0.25) is 14.9 Å². The summed E-state index contributed by atoms with van der Waals surface area (Å²) in [6, 6.07) is 2.82. The van der Waals surface area contributed by atoms with Crippen molar-refractivity contribution in [2.45, 2.75) is 32.7 Å². The highest BCUT2D eigenvalue weighted by atomic mass is 16.6. The predicted octanol–water partition coefficient (Wildman–Crippen LogP) is 2.12. The van der Waals surface area contributed by atoms with Crippen LogP contribution in [0.5, 0.6) is 0 Å². The van der Waals surface area contributed by atoms with Crippen LogP contribution in [0.1, 0.15) is 32.7 Å². The van der Waals surface area contributed by atoms with Crippen LogP contribution < -0.4 is 5.56 Å². The van der Waals surface area contributed by atoms with Gasteiger partial charge in [0.25, 0.3) is 0 Å². The first-order chi connectivity index (χ1) is 7.11. The van der Waals surface area contributed by atoms with Gasteiger partial charge in [-0.25, -0.2) is 0 Å². The van der Waals surface area contributed by atoms with Gasteiger partial charge in [0.15, 0.2) is 0 Å². The average Bonchev–Trinajstić information content (AvgIpc) is 2.21. The van der Waals surface area contributed by atoms with E-state index in [4.69, 9.17) is 0 Å². The summed E-state index contributed by atoms with van der Waals surface area (Å²) < 4.78 is 1.44. The second-order valence-electron chi connectivity index (χ2n) is 3.33. The number of nitro groups is 1. The molecule has 5 nitrogen and oxygen atoms in total. The van der Waals surface area contributed by atoms with E-state index in [1.54, 1.807) is 6.20 Å². The van der Waals surface area contributed by atoms with Crippen molar-refractivity contribution < 1.29 is 4.92 Å². The summed E-state index contributed by atoms with van der Waals surface area (Å²) in [6.07, 6.45) is 3.18. The average molecular weight is 210 g/mol. The zero-order valence-electron chi connectivity index (χ0n) is 8.84. The van der Waals surface area contributed by atoms with Gasteiger partial charge in [-0.15, -0.1) is 0 Å². The Morgan fingerprint density at radius 1 is 1.47 bits per heavy atom. The van der Waals surface area contributed by atoms with Gasteiger partial charge in [0.1, 0.15) is 0 Å². The molecule has 1 aromatic rings. The Labute approximate surface area is 87.5 Å². The Bertz CT molecular complexity index is 407. The highest BCUT2D eigenvalue weighted by Gasteiger charge is 2.16. The van der Waals surface area contributed by atoms with Crippen LogP contribution in [-0.2, 0) is 0 Å². The number of rotatable bonds is 4. The van der Waals surface area contributed by atoms with E-state index in [0.29, 0.717) is 0 Å². The van der Waals surface area contributed by atoms with Crippen molar-refractivity contribution >= 4 is 5.69 Å². The molecule has 0 atom stereocenters. The monoisotopic (exact) mass is 210 g/mol. The molecule has 5 heteroatoms. The third kappa shape index (κ3) is 2.23. The number of aromatic nitrogens is 1. The zero-order valence-corrected chi connectivity index (χ0v) is 8.84. The number of hydrogen-bond donors (Lipinski definition) is 0. The van der Waals surface area contributed by atoms with E-state index in [1.165, 1.54) is 16.7 Å². The SMILES string of the molecule is CCC(CC)n1cccc([N+](=O)[O-])c1=O. The summed E-state index contributed by atoms with van der Waals surface area (Å²) in [4.78, 5) is 21.6. The molecule has 0 radical (unpaired) electrons. The maximum atomic E-state index is 11.7. The second kappa shape index (κ2) is 4.72. The Hall–Kier alpha value is -1.65. The molecule has 0 aliphatic carbocycles. The van der Waals surface area contributed by atoms with E-state index < -0.39 is 10.5 Å². The zero-order chi connectivity index (χ0) is 11.4. The molecule has 0 fully saturated rings. The maximum absolute atomic E-state index is 11.7. The number of hydrogen-bond acceptors (Lipinski definition) is 3. The molecule has 15 heavy (non-hydrogen) atoms. The van der Waals surface area contributed by atoms with Crippen LogP contribution in [0.25, 0.3) is 0 Å². The normalized spacial score (nSPS) is 10.6. The fourth-order valence-corrected chi connectivity index (χ4v) is 1.61. The highest BCUT2D eigenvalue weighted by Crippen LogP contribution is 2.14. The topological polar surface area (TPSA) is 65.1 Å². The molecule has 1 rings (SSSR count). The van der Waals surface area contributed by atoms with E-state index in [9.17, 15) is 14.9 Å². The number of pyridine rings is 1. The summed E-state index contributed by atoms with van der Waals surface area (Å²) in [5.74, 6) is 0. The predicted molar refractivity (Wildman–Crippen MR) is 57.0 cm³/mol. The molecule has 0 aliphatic heterocycles. The van der Waals surface area contributed by atoms with Gasteiger partial charge in [0, 0.05) is 18.3 Å². The van der Waals surface area contributed by atoms with Crippen molar-refractivity contribution in [3.63, 3.8) is 0 Å². The van der Waals surface area contributed by atoms with Crippen LogP contribution in [0.4, 0.5) is 5.69 Å². The summed E-state index contributed by atoms with van der Waals surface area (Å²) in [7, 11) is 0. The lowest BCUT2D eigenvalue weighted by atomic mass is 10.1. The first kappa shape index (κ1) is 11.4. The summed E-state index contributed by atoms with van der Waals surface area (Å²) in [5.41, 5.74) is -0.874. The van der Waals surface area contributed by atoms with Crippen LogP contribution in [-0.4, -0.2) is 9.49 Å². The van der Waals surface area contributed by atoms with Gasteiger partial charge in [-0.1, -0.05) is 13.8 Å². The third-order valence-electron chi connectivity index (χ3n) is 2.49. The lowest BCUT2D eigenvalue weighted by Gasteiger charge is -2.15. The molecule has 1 heterocycles. The van der Waals surface area contributed by atoms with Crippen LogP contribution in [0.15, 0.2) is 23.1 Å². The van der Waals surface area contributed by atoms with E-state index in [-0.39, 0.29) is 11.7 Å². The summed E-state index contributed by atoms with van der Waals surface area (Å²) >= 11 is 0. The minimum absolute atomic E-state index is 0.0393. The van der Waals surface area contributed by atoms with Crippen molar-refractivity contribution in [2.24, 2.45) is 0 Å². The van der Waals surface area contributed by atoms with Crippen LogP contribution in [0, 0.1) is 10.1 Å². The maximum Gasteiger partial charge on any atom is 0.334 e. The largest absolute Gasteiger partial charge is 0.334 e. The molecule has 0 N–H and O–H groups in total. The second-order valence-corrected chi connectivity index (χ2v) is 3.33. The Morgan fingerprint density at radius 3 is 2.53 bits per heavy atom. The molecule has 0 bridgehead atoms. The first-order valence-electron chi connectivity index (χ1n) is 4.97. The molecule has 0 saturated heterocycles. The van der Waals surface area contributed by atoms with Gasteiger partial charge in [-0.05, 0) is 18.9 Å². The van der Waals surface area contributed by atoms with Crippen LogP contribution in [0.3, 0.4) is 0 Å². The van der Waals surface area contributed by atoms with Crippen LogP contribution in [0.2, 0.25) is 0 Å². The third-order valence-corrected chi connectivity index (χ3v) is 2.49. The molecular formula is C10H14N2O3. The molecule has 0 spiro atoms. The first-order valence-corrected chi connectivity index (χ1v) is 4.97. The van der Waals surface area contributed by atoms with Crippen molar-refractivity contribution in [3.05, 3.63) is 38.8 Å². The quantitative estimate of drug-likeness (QED) is 0.564. The van der Waals surface area contributed by atoms with Crippen LogP contribution >= 0.6 is 0 Å². The van der Waals surface area contributed by atoms with Gasteiger partial charge >= 0.3 is 11.2 Å². The van der Waals surface area contributed by atoms with Gasteiger partial charge in [0.05, 0.1) is 4.92 Å². The molecule has 0 unspecified atom stereocenters. The molecular weight excluding hydrogens is 196 g/mol. The molecule has 0 aromatic carbocycles. The lowest BCUT2D eigenvalue weighted by molar-refractivity contribution is -0.386. The summed E-state index contributed by atoms with van der Waals surface area (Å²) in [5, 5.41) is 10.6. The number of nitrogens with zero attached hydrogens (tertiary/aromatic N) is 2. The van der Waals surface area contributed by atoms with Crippen molar-refractivity contribution in [1.29, 1.82) is 0 Å². The van der Waals surface area contributed by atoms with E-state index >= 15 is 0 Å². The minimum atomic E-state index is -0.638. The molecule has 1 aromatic heterocycles. The van der Waals surface area contributed by atoms with Gasteiger partial charge in [-0.2, -0.15) is 0 Å². The molecule has 0 aliphatic rings. The lowest BCUT2D eigenvalue weighted by Crippen LogP contribution is -2.25. The van der Waals surface area contributed by atoms with Gasteiger partial charge < -0.3 is 4.57 Å². The Balaban J connectivity index is 3.26. The van der Waals surface area contributed by atoms with E-state index in [1.807, 2.05) is 13.8 Å². The molecule has 82 valence electrons. The van der Waals surface area contributed by atoms with Gasteiger partial charge in [0.2, 0.25) is 0 Å². The van der Waals surface area contributed by atoms with E-state index in [0.717, 1.165) is 12.8 Å². The van der Waals surface area contributed by atoms with Crippen molar-refractivity contribution in [2.75, 3.05) is 0 Å². The highest BCUT2D eigenvalue weighted by molar-refractivity contribution is 5.25. The fraction of sp³-hybridized carbons (Fsp3) is 0.500. The van der Waals surface area contributed by atoms with E-state index in [2.05, 4.69) is 0 Å². The minimum Gasteiger partial charge on any atom is -0.307 e. The summed E-state index contributed by atoms with van der Waals surface area (Å²) in [6.45, 7) is 3.92. The molecule has 0 amide bonds. The smallest absolute Gasteiger partial charge is 0.307 e. The fourth-order valence-electron chi connectivity index (χ4n) is 1.61.